The van der Waals surface area contributed by atoms with Crippen LogP contribution in [0.1, 0.15) is 6.42 Å². The van der Waals surface area contributed by atoms with Gasteiger partial charge in [0.05, 0.1) is 0 Å². The molecule has 0 radical (unpaired) electrons. The Kier molecular flexibility index (Phi) is 4.48. The van der Waals surface area contributed by atoms with E-state index in [-0.39, 0.29) is 5.56 Å². The van der Waals surface area contributed by atoms with Crippen molar-refractivity contribution in [3.63, 3.8) is 0 Å². The molecule has 1 unspecified atom stereocenters. The first-order chi connectivity index (χ1) is 7.11. The van der Waals surface area contributed by atoms with E-state index in [9.17, 15) is 9.00 Å². The highest BCUT2D eigenvalue weighted by molar-refractivity contribution is 7.84. The van der Waals surface area contributed by atoms with Gasteiger partial charge in [0.25, 0.3) is 5.56 Å². The SMILES string of the molecule is Cn1ccnc(NCCCS(C)=O)c1=O. The van der Waals surface area contributed by atoms with Gasteiger partial charge < -0.3 is 9.88 Å². The second kappa shape index (κ2) is 5.65. The molecule has 1 rings (SSSR count). The first-order valence-corrected chi connectivity index (χ1v) is 6.39. The standard InChI is InChI=1S/C9H15N3O2S/c1-12-6-5-11-8(9(12)13)10-4-3-7-15(2)14/h5-6H,3-4,7H2,1-2H3,(H,10,11). The van der Waals surface area contributed by atoms with Gasteiger partial charge in [-0.3, -0.25) is 9.00 Å². The van der Waals surface area contributed by atoms with Crippen molar-refractivity contribution in [1.29, 1.82) is 0 Å². The summed E-state index contributed by atoms with van der Waals surface area (Å²) in [5.41, 5.74) is -0.143. The average molecular weight is 229 g/mol. The largest absolute Gasteiger partial charge is 0.365 e. The highest BCUT2D eigenvalue weighted by Gasteiger charge is 2.00. The van der Waals surface area contributed by atoms with Gasteiger partial charge in [0.1, 0.15) is 0 Å². The van der Waals surface area contributed by atoms with E-state index in [2.05, 4.69) is 10.3 Å². The lowest BCUT2D eigenvalue weighted by molar-refractivity contribution is 0.685. The van der Waals surface area contributed by atoms with E-state index in [0.29, 0.717) is 18.1 Å². The van der Waals surface area contributed by atoms with Crippen molar-refractivity contribution in [2.24, 2.45) is 7.05 Å². The number of hydrogen-bond donors (Lipinski definition) is 1. The van der Waals surface area contributed by atoms with Crippen molar-refractivity contribution in [3.05, 3.63) is 22.7 Å². The molecule has 1 heterocycles. The highest BCUT2D eigenvalue weighted by atomic mass is 32.2. The quantitative estimate of drug-likeness (QED) is 0.720. The maximum Gasteiger partial charge on any atom is 0.293 e. The molecule has 1 N–H and O–H groups in total. The summed E-state index contributed by atoms with van der Waals surface area (Å²) in [6.45, 7) is 0.617. The lowest BCUT2D eigenvalue weighted by atomic mass is 10.4. The summed E-state index contributed by atoms with van der Waals surface area (Å²) < 4.78 is 12.2. The molecule has 0 fully saturated rings. The molecule has 5 nitrogen and oxygen atoms in total. The van der Waals surface area contributed by atoms with Crippen molar-refractivity contribution >= 4 is 16.6 Å². The van der Waals surface area contributed by atoms with Crippen molar-refractivity contribution < 1.29 is 4.21 Å². The average Bonchev–Trinajstić information content (AvgIpc) is 2.18. The Morgan fingerprint density at radius 1 is 1.60 bits per heavy atom. The Bertz CT molecular complexity index is 403. The molecular weight excluding hydrogens is 214 g/mol. The molecule has 0 aliphatic rings. The van der Waals surface area contributed by atoms with E-state index >= 15 is 0 Å². The lowest BCUT2D eigenvalue weighted by Gasteiger charge is -2.04. The van der Waals surface area contributed by atoms with Crippen molar-refractivity contribution in [1.82, 2.24) is 9.55 Å². The third-order valence-corrected chi connectivity index (χ3v) is 2.78. The fraction of sp³-hybridized carbons (Fsp3) is 0.556. The minimum Gasteiger partial charge on any atom is -0.365 e. The van der Waals surface area contributed by atoms with Gasteiger partial charge in [-0.15, -0.1) is 0 Å². The number of anilines is 1. The second-order valence-electron chi connectivity index (χ2n) is 3.25. The van der Waals surface area contributed by atoms with Crippen LogP contribution in [0.4, 0.5) is 5.82 Å². The molecule has 0 aliphatic carbocycles. The van der Waals surface area contributed by atoms with Crippen molar-refractivity contribution in [2.75, 3.05) is 23.9 Å². The van der Waals surface area contributed by atoms with Gasteiger partial charge in [-0.25, -0.2) is 4.98 Å². The van der Waals surface area contributed by atoms with Crippen LogP contribution in [0.25, 0.3) is 0 Å². The summed E-state index contributed by atoms with van der Waals surface area (Å²) in [6, 6.07) is 0. The minimum atomic E-state index is -0.777. The molecule has 1 atom stereocenters. The Labute approximate surface area is 91.0 Å². The van der Waals surface area contributed by atoms with Crippen LogP contribution < -0.4 is 10.9 Å². The van der Waals surface area contributed by atoms with Crippen LogP contribution >= 0.6 is 0 Å². The van der Waals surface area contributed by atoms with Crippen molar-refractivity contribution in [2.45, 2.75) is 6.42 Å². The van der Waals surface area contributed by atoms with Gasteiger partial charge in [-0.1, -0.05) is 0 Å². The summed E-state index contributed by atoms with van der Waals surface area (Å²) in [7, 11) is 0.900. The van der Waals surface area contributed by atoms with Gasteiger partial charge >= 0.3 is 0 Å². The number of hydrogen-bond acceptors (Lipinski definition) is 4. The molecule has 0 amide bonds. The molecule has 6 heteroatoms. The Hall–Kier alpha value is -1.17. The number of rotatable bonds is 5. The van der Waals surface area contributed by atoms with Crippen LogP contribution in [-0.2, 0) is 17.8 Å². The van der Waals surface area contributed by atoms with E-state index in [0.717, 1.165) is 6.42 Å². The third kappa shape index (κ3) is 3.83. The van der Waals surface area contributed by atoms with Crippen LogP contribution in [0.5, 0.6) is 0 Å². The minimum absolute atomic E-state index is 0.143. The topological polar surface area (TPSA) is 64.0 Å². The molecule has 1 aromatic rings. The fourth-order valence-corrected chi connectivity index (χ4v) is 1.65. The molecule has 0 aliphatic heterocycles. The highest BCUT2D eigenvalue weighted by Crippen LogP contribution is 1.92. The maximum atomic E-state index is 11.5. The number of aryl methyl sites for hydroxylation is 1. The summed E-state index contributed by atoms with van der Waals surface area (Å²) in [6.07, 6.45) is 5.61. The molecule has 1 aromatic heterocycles. The molecule has 0 bridgehead atoms. The zero-order valence-corrected chi connectivity index (χ0v) is 9.71. The van der Waals surface area contributed by atoms with Crippen LogP contribution in [0.3, 0.4) is 0 Å². The molecule has 0 aromatic carbocycles. The predicted molar refractivity (Wildman–Crippen MR) is 61.5 cm³/mol. The first kappa shape index (κ1) is 11.9. The monoisotopic (exact) mass is 229 g/mol. The number of nitrogens with zero attached hydrogens (tertiary/aromatic N) is 2. The molecule has 84 valence electrons. The summed E-state index contributed by atoms with van der Waals surface area (Å²) in [5, 5.41) is 2.93. The number of nitrogens with one attached hydrogen (secondary N) is 1. The van der Waals surface area contributed by atoms with Gasteiger partial charge in [0, 0.05) is 48.8 Å². The Morgan fingerprint density at radius 2 is 2.33 bits per heavy atom. The summed E-state index contributed by atoms with van der Waals surface area (Å²) >= 11 is 0. The van der Waals surface area contributed by atoms with E-state index in [1.807, 2.05) is 0 Å². The second-order valence-corrected chi connectivity index (χ2v) is 4.80. The third-order valence-electron chi connectivity index (χ3n) is 1.92. The predicted octanol–water partition coefficient (Wildman–Crippen LogP) is -0.0392. The molecule has 0 saturated carbocycles. The van der Waals surface area contributed by atoms with E-state index in [1.54, 1.807) is 25.7 Å². The molecule has 0 saturated heterocycles. The normalized spacial score (nSPS) is 12.4. The summed E-state index contributed by atoms with van der Waals surface area (Å²) in [4.78, 5) is 15.4. The van der Waals surface area contributed by atoms with E-state index in [1.165, 1.54) is 4.57 Å². The summed E-state index contributed by atoms with van der Waals surface area (Å²) in [5.74, 6) is 0.988. The van der Waals surface area contributed by atoms with Crippen LogP contribution in [0, 0.1) is 0 Å². The van der Waals surface area contributed by atoms with Gasteiger partial charge in [0.15, 0.2) is 5.82 Å². The van der Waals surface area contributed by atoms with E-state index in [4.69, 9.17) is 0 Å². The van der Waals surface area contributed by atoms with Crippen LogP contribution in [0.15, 0.2) is 17.2 Å². The molecule has 0 spiro atoms. The van der Waals surface area contributed by atoms with E-state index < -0.39 is 10.8 Å². The Morgan fingerprint density at radius 3 is 3.00 bits per heavy atom. The van der Waals surface area contributed by atoms with Gasteiger partial charge in [-0.2, -0.15) is 0 Å². The van der Waals surface area contributed by atoms with Gasteiger partial charge in [0.2, 0.25) is 0 Å². The first-order valence-electron chi connectivity index (χ1n) is 4.67. The van der Waals surface area contributed by atoms with Crippen LogP contribution in [0.2, 0.25) is 0 Å². The van der Waals surface area contributed by atoms with Crippen LogP contribution in [-0.4, -0.2) is 32.3 Å². The maximum absolute atomic E-state index is 11.5. The molecule has 15 heavy (non-hydrogen) atoms. The number of aromatic nitrogens is 2. The Balaban J connectivity index is 2.48. The smallest absolute Gasteiger partial charge is 0.293 e. The van der Waals surface area contributed by atoms with Crippen molar-refractivity contribution in [3.8, 4) is 0 Å². The molecular formula is C9H15N3O2S. The fourth-order valence-electron chi connectivity index (χ4n) is 1.10. The van der Waals surface area contributed by atoms with Gasteiger partial charge in [-0.05, 0) is 6.42 Å². The zero-order valence-electron chi connectivity index (χ0n) is 8.90. The lowest BCUT2D eigenvalue weighted by Crippen LogP contribution is -2.22. The zero-order chi connectivity index (χ0) is 11.3.